The van der Waals surface area contributed by atoms with Gasteiger partial charge in [-0.3, -0.25) is 5.32 Å². The highest BCUT2D eigenvalue weighted by atomic mass is 16.6. The zero-order valence-corrected chi connectivity index (χ0v) is 12.9. The quantitative estimate of drug-likeness (QED) is 0.870. The lowest BCUT2D eigenvalue weighted by Gasteiger charge is -2.20. The van der Waals surface area contributed by atoms with Crippen LogP contribution >= 0.6 is 0 Å². The third-order valence-corrected chi connectivity index (χ3v) is 2.60. The number of hydrogen-bond donors (Lipinski definition) is 2. The molecule has 1 amide bonds. The number of carbonyl (C=O) groups is 1. The Hall–Kier alpha value is -1.75. The number of anilines is 1. The molecule has 0 fully saturated rings. The molecular formula is C15H24N2O3. The minimum Gasteiger partial charge on any atom is -0.497 e. The van der Waals surface area contributed by atoms with E-state index in [0.29, 0.717) is 11.4 Å². The Morgan fingerprint density at radius 1 is 1.30 bits per heavy atom. The molecule has 0 bridgehead atoms. The van der Waals surface area contributed by atoms with Crippen LogP contribution in [0.25, 0.3) is 0 Å². The van der Waals surface area contributed by atoms with E-state index < -0.39 is 11.7 Å². The summed E-state index contributed by atoms with van der Waals surface area (Å²) in [6.07, 6.45) is 0.350. The first-order chi connectivity index (χ1) is 9.35. The van der Waals surface area contributed by atoms with Gasteiger partial charge in [-0.15, -0.1) is 0 Å². The van der Waals surface area contributed by atoms with E-state index in [0.717, 1.165) is 18.5 Å². The molecule has 0 aliphatic rings. The first kappa shape index (κ1) is 16.3. The van der Waals surface area contributed by atoms with Gasteiger partial charge in [-0.05, 0) is 52.4 Å². The van der Waals surface area contributed by atoms with Gasteiger partial charge in [0.05, 0.1) is 12.8 Å². The second kappa shape index (κ2) is 7.14. The molecule has 5 nitrogen and oxygen atoms in total. The van der Waals surface area contributed by atoms with Gasteiger partial charge in [-0.25, -0.2) is 4.79 Å². The van der Waals surface area contributed by atoms with Crippen LogP contribution in [-0.4, -0.2) is 32.4 Å². The topological polar surface area (TPSA) is 59.6 Å². The highest BCUT2D eigenvalue weighted by Crippen LogP contribution is 2.23. The first-order valence-corrected chi connectivity index (χ1v) is 6.67. The monoisotopic (exact) mass is 280 g/mol. The van der Waals surface area contributed by atoms with Gasteiger partial charge in [0.1, 0.15) is 11.4 Å². The van der Waals surface area contributed by atoms with Crippen LogP contribution < -0.4 is 15.4 Å². The van der Waals surface area contributed by atoms with Crippen LogP contribution in [0.2, 0.25) is 0 Å². The smallest absolute Gasteiger partial charge is 0.412 e. The van der Waals surface area contributed by atoms with Crippen molar-refractivity contribution in [1.29, 1.82) is 0 Å². The molecular weight excluding hydrogens is 256 g/mol. The molecule has 0 saturated heterocycles. The summed E-state index contributed by atoms with van der Waals surface area (Å²) in [5, 5.41) is 5.87. The molecule has 1 rings (SSSR count). The Labute approximate surface area is 120 Å². The normalized spacial score (nSPS) is 11.1. The molecule has 1 aromatic rings. The van der Waals surface area contributed by atoms with E-state index in [9.17, 15) is 4.79 Å². The maximum absolute atomic E-state index is 11.9. The lowest BCUT2D eigenvalue weighted by molar-refractivity contribution is 0.0636. The average Bonchev–Trinajstić information content (AvgIpc) is 2.34. The number of likely N-dealkylation sites (N-methyl/N-ethyl adjacent to an activating group) is 1. The molecule has 0 saturated carbocycles. The standard InChI is InChI=1S/C15H24N2O3/c1-15(2,3)20-14(18)17-13-10-12(19-5)7-6-11(13)8-9-16-4/h6-7,10,16H,8-9H2,1-5H3,(H,17,18). The van der Waals surface area contributed by atoms with Gasteiger partial charge in [-0.2, -0.15) is 0 Å². The van der Waals surface area contributed by atoms with Crippen molar-refractivity contribution in [3.63, 3.8) is 0 Å². The molecule has 1 aromatic carbocycles. The Morgan fingerprint density at radius 3 is 2.55 bits per heavy atom. The van der Waals surface area contributed by atoms with Crippen LogP contribution in [0.5, 0.6) is 5.75 Å². The number of rotatable bonds is 5. The largest absolute Gasteiger partial charge is 0.497 e. The fraction of sp³-hybridized carbons (Fsp3) is 0.533. The molecule has 20 heavy (non-hydrogen) atoms. The predicted molar refractivity (Wildman–Crippen MR) is 80.5 cm³/mol. The number of amides is 1. The maximum Gasteiger partial charge on any atom is 0.412 e. The van der Waals surface area contributed by atoms with Crippen molar-refractivity contribution in [3.05, 3.63) is 23.8 Å². The molecule has 0 spiro atoms. The molecule has 0 atom stereocenters. The molecule has 0 heterocycles. The SMILES string of the molecule is CNCCc1ccc(OC)cc1NC(=O)OC(C)(C)C. The van der Waals surface area contributed by atoms with Crippen molar-refractivity contribution in [2.75, 3.05) is 26.0 Å². The van der Waals surface area contributed by atoms with Crippen molar-refractivity contribution in [3.8, 4) is 5.75 Å². The zero-order chi connectivity index (χ0) is 15.2. The van der Waals surface area contributed by atoms with Crippen LogP contribution in [0, 0.1) is 0 Å². The molecule has 0 radical (unpaired) electrons. The van der Waals surface area contributed by atoms with Crippen LogP contribution in [0.1, 0.15) is 26.3 Å². The van der Waals surface area contributed by atoms with Gasteiger partial charge in [0.15, 0.2) is 0 Å². The van der Waals surface area contributed by atoms with Gasteiger partial charge in [0, 0.05) is 6.07 Å². The fourth-order valence-corrected chi connectivity index (χ4v) is 1.69. The van der Waals surface area contributed by atoms with E-state index in [1.54, 1.807) is 13.2 Å². The Bertz CT molecular complexity index is 453. The van der Waals surface area contributed by atoms with Gasteiger partial charge in [0.2, 0.25) is 0 Å². The van der Waals surface area contributed by atoms with Crippen molar-refractivity contribution in [1.82, 2.24) is 5.32 Å². The van der Waals surface area contributed by atoms with Crippen LogP contribution in [-0.2, 0) is 11.2 Å². The van der Waals surface area contributed by atoms with Gasteiger partial charge in [0.25, 0.3) is 0 Å². The fourth-order valence-electron chi connectivity index (χ4n) is 1.69. The highest BCUT2D eigenvalue weighted by molar-refractivity contribution is 5.86. The van der Waals surface area contributed by atoms with E-state index in [1.807, 2.05) is 40.0 Å². The number of methoxy groups -OCH3 is 1. The number of carbonyl (C=O) groups excluding carboxylic acids is 1. The lowest BCUT2D eigenvalue weighted by Crippen LogP contribution is -2.27. The summed E-state index contributed by atoms with van der Waals surface area (Å²) in [5.41, 5.74) is 1.23. The molecule has 2 N–H and O–H groups in total. The minimum atomic E-state index is -0.520. The summed E-state index contributed by atoms with van der Waals surface area (Å²) in [5.74, 6) is 0.698. The van der Waals surface area contributed by atoms with E-state index in [1.165, 1.54) is 0 Å². The second-order valence-electron chi connectivity index (χ2n) is 5.50. The number of ether oxygens (including phenoxy) is 2. The van der Waals surface area contributed by atoms with Crippen molar-refractivity contribution >= 4 is 11.8 Å². The summed E-state index contributed by atoms with van der Waals surface area (Å²) in [6.45, 7) is 6.33. The predicted octanol–water partition coefficient (Wildman–Crippen LogP) is 2.80. The van der Waals surface area contributed by atoms with E-state index in [2.05, 4.69) is 10.6 Å². The van der Waals surface area contributed by atoms with Crippen LogP contribution in [0.4, 0.5) is 10.5 Å². The Morgan fingerprint density at radius 2 is 2.00 bits per heavy atom. The number of benzene rings is 1. The Balaban J connectivity index is 2.86. The summed E-state index contributed by atoms with van der Waals surface area (Å²) in [6, 6.07) is 5.63. The van der Waals surface area contributed by atoms with E-state index >= 15 is 0 Å². The van der Waals surface area contributed by atoms with Gasteiger partial charge < -0.3 is 14.8 Å². The average molecular weight is 280 g/mol. The third kappa shape index (κ3) is 5.48. The Kier molecular flexibility index (Phi) is 5.82. The molecule has 0 aromatic heterocycles. The number of nitrogens with one attached hydrogen (secondary N) is 2. The lowest BCUT2D eigenvalue weighted by atomic mass is 10.1. The first-order valence-electron chi connectivity index (χ1n) is 6.67. The third-order valence-electron chi connectivity index (χ3n) is 2.60. The van der Waals surface area contributed by atoms with Gasteiger partial charge in [-0.1, -0.05) is 6.07 Å². The number of hydrogen-bond acceptors (Lipinski definition) is 4. The molecule has 0 aliphatic carbocycles. The van der Waals surface area contributed by atoms with Crippen LogP contribution in [0.3, 0.4) is 0 Å². The highest BCUT2D eigenvalue weighted by Gasteiger charge is 2.17. The minimum absolute atomic E-state index is 0.462. The summed E-state index contributed by atoms with van der Waals surface area (Å²) in [4.78, 5) is 11.9. The van der Waals surface area contributed by atoms with Crippen molar-refractivity contribution in [2.24, 2.45) is 0 Å². The van der Waals surface area contributed by atoms with Crippen molar-refractivity contribution < 1.29 is 14.3 Å². The molecule has 112 valence electrons. The van der Waals surface area contributed by atoms with E-state index in [-0.39, 0.29) is 0 Å². The van der Waals surface area contributed by atoms with Gasteiger partial charge >= 0.3 is 6.09 Å². The summed E-state index contributed by atoms with van der Waals surface area (Å²) < 4.78 is 10.5. The molecule has 0 unspecified atom stereocenters. The maximum atomic E-state index is 11.9. The van der Waals surface area contributed by atoms with E-state index in [4.69, 9.17) is 9.47 Å². The van der Waals surface area contributed by atoms with Crippen LogP contribution in [0.15, 0.2) is 18.2 Å². The molecule has 0 aliphatic heterocycles. The molecule has 5 heteroatoms. The zero-order valence-electron chi connectivity index (χ0n) is 12.9. The summed E-state index contributed by atoms with van der Waals surface area (Å²) in [7, 11) is 3.49. The van der Waals surface area contributed by atoms with Crippen molar-refractivity contribution in [2.45, 2.75) is 32.8 Å². The summed E-state index contributed by atoms with van der Waals surface area (Å²) >= 11 is 0. The second-order valence-corrected chi connectivity index (χ2v) is 5.50.